The second-order valence-electron chi connectivity index (χ2n) is 8.59. The Morgan fingerprint density at radius 1 is 1.22 bits per heavy atom. The van der Waals surface area contributed by atoms with Crippen molar-refractivity contribution in [3.8, 4) is 0 Å². The molecule has 1 amide bonds. The fourth-order valence-electron chi connectivity index (χ4n) is 4.79. The van der Waals surface area contributed by atoms with Crippen LogP contribution in [0.3, 0.4) is 0 Å². The molecule has 1 aromatic rings. The first-order valence-corrected chi connectivity index (χ1v) is 11.7. The summed E-state index contributed by atoms with van der Waals surface area (Å²) in [6.07, 6.45) is 9.27. The highest BCUT2D eigenvalue weighted by Crippen LogP contribution is 2.50. The van der Waals surface area contributed by atoms with E-state index in [2.05, 4.69) is 15.6 Å². The molecule has 2 aliphatic carbocycles. The lowest BCUT2D eigenvalue weighted by molar-refractivity contribution is -0.128. The first-order valence-electron chi connectivity index (χ1n) is 10.1. The maximum atomic E-state index is 12.7. The number of nitrogens with zero attached hydrogens (tertiary/aromatic N) is 1. The summed E-state index contributed by atoms with van der Waals surface area (Å²) < 4.78 is 24.8. The second kappa shape index (κ2) is 7.51. The van der Waals surface area contributed by atoms with Gasteiger partial charge >= 0.3 is 0 Å². The monoisotopic (exact) mass is 391 g/mol. The van der Waals surface area contributed by atoms with Gasteiger partial charge in [-0.2, -0.15) is 0 Å². The van der Waals surface area contributed by atoms with Gasteiger partial charge in [-0.15, -0.1) is 0 Å². The predicted molar refractivity (Wildman–Crippen MR) is 104 cm³/mol. The number of carbonyl (C=O) groups is 1. The summed E-state index contributed by atoms with van der Waals surface area (Å²) in [5.41, 5.74) is 1.13. The smallest absolute Gasteiger partial charge is 0.223 e. The number of amides is 1. The highest BCUT2D eigenvalue weighted by Gasteiger charge is 2.56. The van der Waals surface area contributed by atoms with E-state index in [0.29, 0.717) is 31.6 Å². The van der Waals surface area contributed by atoms with Crippen LogP contribution in [0.1, 0.15) is 50.5 Å². The molecule has 1 saturated heterocycles. The number of carbonyl (C=O) groups excluding carboxylic acids is 1. The standard InChI is InChI=1S/C20H29N3O3S/c24-19(17-4-1-5-17)23-18-6-8-27(25,26)20(11-18)9-16(10-20)14-22-13-15-3-2-7-21-12-15/h2-3,7,12,16-18,22H,1,4-6,8-11,13-14H2,(H,23,24). The Kier molecular flexibility index (Phi) is 5.25. The molecular formula is C20H29N3O3S. The number of hydrogen-bond donors (Lipinski definition) is 2. The Labute approximate surface area is 161 Å². The van der Waals surface area contributed by atoms with E-state index >= 15 is 0 Å². The van der Waals surface area contributed by atoms with Crippen LogP contribution in [0.2, 0.25) is 0 Å². The Hall–Kier alpha value is -1.47. The van der Waals surface area contributed by atoms with E-state index in [1.807, 2.05) is 18.3 Å². The van der Waals surface area contributed by atoms with Gasteiger partial charge in [-0.3, -0.25) is 9.78 Å². The third-order valence-electron chi connectivity index (χ3n) is 6.64. The molecule has 6 nitrogen and oxygen atoms in total. The number of nitrogens with one attached hydrogen (secondary N) is 2. The molecule has 2 saturated carbocycles. The molecule has 3 aliphatic rings. The summed E-state index contributed by atoms with van der Waals surface area (Å²) in [5, 5.41) is 6.56. The molecule has 2 N–H and O–H groups in total. The van der Waals surface area contributed by atoms with Crippen molar-refractivity contribution in [2.45, 2.75) is 62.3 Å². The topological polar surface area (TPSA) is 88.2 Å². The molecule has 27 heavy (non-hydrogen) atoms. The second-order valence-corrected chi connectivity index (χ2v) is 11.1. The third-order valence-corrected chi connectivity index (χ3v) is 9.23. The highest BCUT2D eigenvalue weighted by atomic mass is 32.2. The fourth-order valence-corrected chi connectivity index (χ4v) is 7.25. The molecule has 3 fully saturated rings. The summed E-state index contributed by atoms with van der Waals surface area (Å²) in [6, 6.07) is 3.97. The number of aromatic nitrogens is 1. The number of pyridine rings is 1. The molecule has 1 unspecified atom stereocenters. The quantitative estimate of drug-likeness (QED) is 0.772. The molecule has 2 heterocycles. The molecule has 4 rings (SSSR count). The molecule has 1 aromatic heterocycles. The van der Waals surface area contributed by atoms with E-state index in [4.69, 9.17) is 0 Å². The minimum atomic E-state index is -3.07. The molecule has 7 heteroatoms. The number of rotatable bonds is 6. The Balaban J connectivity index is 1.28. The summed E-state index contributed by atoms with van der Waals surface area (Å²) >= 11 is 0. The van der Waals surface area contributed by atoms with E-state index < -0.39 is 14.6 Å². The minimum absolute atomic E-state index is 0.0194. The fraction of sp³-hybridized carbons (Fsp3) is 0.700. The lowest BCUT2D eigenvalue weighted by Gasteiger charge is -2.51. The average Bonchev–Trinajstić information content (AvgIpc) is 2.55. The van der Waals surface area contributed by atoms with Crippen molar-refractivity contribution in [3.05, 3.63) is 30.1 Å². The summed E-state index contributed by atoms with van der Waals surface area (Å²) in [5.74, 6) is 0.885. The van der Waals surface area contributed by atoms with Crippen LogP contribution in [-0.2, 0) is 21.2 Å². The van der Waals surface area contributed by atoms with Gasteiger partial charge in [0, 0.05) is 30.9 Å². The number of sulfone groups is 1. The Morgan fingerprint density at radius 2 is 2.04 bits per heavy atom. The highest BCUT2D eigenvalue weighted by molar-refractivity contribution is 7.92. The van der Waals surface area contributed by atoms with Gasteiger partial charge in [0.15, 0.2) is 9.84 Å². The third kappa shape index (κ3) is 3.90. The molecular weight excluding hydrogens is 362 g/mol. The Morgan fingerprint density at radius 3 is 2.70 bits per heavy atom. The zero-order chi connectivity index (χ0) is 18.9. The van der Waals surface area contributed by atoms with Crippen LogP contribution in [0.5, 0.6) is 0 Å². The summed E-state index contributed by atoms with van der Waals surface area (Å²) in [6.45, 7) is 1.58. The van der Waals surface area contributed by atoms with E-state index in [1.165, 1.54) is 0 Å². The van der Waals surface area contributed by atoms with Crippen LogP contribution < -0.4 is 10.6 Å². The normalized spacial score (nSPS) is 32.4. The molecule has 1 spiro atoms. The SMILES string of the molecule is O=C(NC1CCS(=O)(=O)C2(CC(CNCc3cccnc3)C2)C1)C1CCC1. The van der Waals surface area contributed by atoms with E-state index in [1.54, 1.807) is 6.20 Å². The predicted octanol–water partition coefficient (Wildman–Crippen LogP) is 1.81. The number of hydrogen-bond acceptors (Lipinski definition) is 5. The summed E-state index contributed by atoms with van der Waals surface area (Å²) in [7, 11) is -3.07. The van der Waals surface area contributed by atoms with Crippen molar-refractivity contribution in [1.82, 2.24) is 15.6 Å². The van der Waals surface area contributed by atoms with Crippen molar-refractivity contribution in [2.24, 2.45) is 11.8 Å². The van der Waals surface area contributed by atoms with Gasteiger partial charge < -0.3 is 10.6 Å². The molecule has 0 radical (unpaired) electrons. The van der Waals surface area contributed by atoms with E-state index in [0.717, 1.165) is 37.9 Å². The maximum absolute atomic E-state index is 12.7. The van der Waals surface area contributed by atoms with Gasteiger partial charge in [-0.05, 0) is 62.6 Å². The molecule has 0 bridgehead atoms. The van der Waals surface area contributed by atoms with Crippen LogP contribution in [0.4, 0.5) is 0 Å². The van der Waals surface area contributed by atoms with Gasteiger partial charge in [0.05, 0.1) is 10.5 Å². The maximum Gasteiger partial charge on any atom is 0.223 e. The van der Waals surface area contributed by atoms with Crippen molar-refractivity contribution in [1.29, 1.82) is 0 Å². The largest absolute Gasteiger partial charge is 0.353 e. The zero-order valence-corrected chi connectivity index (χ0v) is 16.5. The molecule has 148 valence electrons. The van der Waals surface area contributed by atoms with Gasteiger partial charge in [0.1, 0.15) is 0 Å². The first-order chi connectivity index (χ1) is 13.0. The minimum Gasteiger partial charge on any atom is -0.353 e. The van der Waals surface area contributed by atoms with Crippen molar-refractivity contribution in [3.63, 3.8) is 0 Å². The van der Waals surface area contributed by atoms with Crippen LogP contribution in [0.25, 0.3) is 0 Å². The Bertz CT molecular complexity index is 771. The molecule has 1 aliphatic heterocycles. The summed E-state index contributed by atoms with van der Waals surface area (Å²) in [4.78, 5) is 16.3. The van der Waals surface area contributed by atoms with Crippen molar-refractivity contribution < 1.29 is 13.2 Å². The van der Waals surface area contributed by atoms with Crippen molar-refractivity contribution >= 4 is 15.7 Å². The zero-order valence-electron chi connectivity index (χ0n) is 15.7. The van der Waals surface area contributed by atoms with Crippen molar-refractivity contribution in [2.75, 3.05) is 12.3 Å². The van der Waals surface area contributed by atoms with Crippen LogP contribution in [0, 0.1) is 11.8 Å². The molecule has 1 atom stereocenters. The van der Waals surface area contributed by atoms with Gasteiger partial charge in [-0.1, -0.05) is 12.5 Å². The van der Waals surface area contributed by atoms with Crippen LogP contribution in [0.15, 0.2) is 24.5 Å². The average molecular weight is 392 g/mol. The van der Waals surface area contributed by atoms with E-state index in [-0.39, 0.29) is 23.6 Å². The van der Waals surface area contributed by atoms with Gasteiger partial charge in [-0.25, -0.2) is 8.42 Å². The van der Waals surface area contributed by atoms with Gasteiger partial charge in [0.25, 0.3) is 0 Å². The van der Waals surface area contributed by atoms with Crippen LogP contribution >= 0.6 is 0 Å². The van der Waals surface area contributed by atoms with Gasteiger partial charge in [0.2, 0.25) is 5.91 Å². The molecule has 0 aromatic carbocycles. The van der Waals surface area contributed by atoms with Crippen LogP contribution in [-0.4, -0.2) is 42.4 Å². The van der Waals surface area contributed by atoms with E-state index in [9.17, 15) is 13.2 Å². The lowest BCUT2D eigenvalue weighted by Crippen LogP contribution is -2.60. The first kappa shape index (κ1) is 18.9. The lowest BCUT2D eigenvalue weighted by atomic mass is 9.70.